The van der Waals surface area contributed by atoms with Gasteiger partial charge < -0.3 is 14.2 Å². The molecular weight excluding hydrogens is 376 g/mol. The first-order chi connectivity index (χ1) is 14.7. The van der Waals surface area contributed by atoms with Crippen molar-refractivity contribution in [3.8, 4) is 16.9 Å². The number of carbonyl (C=O) groups is 1. The summed E-state index contributed by atoms with van der Waals surface area (Å²) in [7, 11) is 1.67. The summed E-state index contributed by atoms with van der Waals surface area (Å²) >= 11 is 0. The Morgan fingerprint density at radius 2 is 1.93 bits per heavy atom. The molecule has 30 heavy (non-hydrogen) atoms. The van der Waals surface area contributed by atoms with Gasteiger partial charge in [-0.2, -0.15) is 0 Å². The minimum Gasteiger partial charge on any atom is -0.495 e. The lowest BCUT2D eigenvalue weighted by molar-refractivity contribution is -0.122. The maximum atomic E-state index is 13.3. The van der Waals surface area contributed by atoms with Gasteiger partial charge in [-0.3, -0.25) is 9.69 Å². The minimum absolute atomic E-state index is 0.0519. The van der Waals surface area contributed by atoms with Crippen molar-refractivity contribution in [1.82, 2.24) is 14.5 Å². The van der Waals surface area contributed by atoms with Crippen molar-refractivity contribution < 1.29 is 9.53 Å². The van der Waals surface area contributed by atoms with Gasteiger partial charge in [-0.05, 0) is 36.6 Å². The number of likely N-dealkylation sites (tertiary alicyclic amines) is 1. The molecule has 2 atom stereocenters. The van der Waals surface area contributed by atoms with Crippen molar-refractivity contribution in [2.75, 3.05) is 25.1 Å². The second-order valence-electron chi connectivity index (χ2n) is 8.03. The van der Waals surface area contributed by atoms with Crippen LogP contribution in [0.4, 0.5) is 5.69 Å². The Morgan fingerprint density at radius 3 is 2.63 bits per heavy atom. The number of carbonyl (C=O) groups excluding carboxylic acids is 1. The molecule has 0 N–H and O–H groups in total. The standard InChI is InChI=1S/C24H26N4O2/c1-17-25-10-11-26(17)12-13-27-16-20-15-22(27)24(29)28(20)21-14-19(8-9-23(21)30-2)18-6-4-3-5-7-18/h3-11,14,20,22H,12-13,15-16H2,1-2H3/t20-,22-/m0/s1. The quantitative estimate of drug-likeness (QED) is 0.635. The van der Waals surface area contributed by atoms with Gasteiger partial charge in [0.2, 0.25) is 5.91 Å². The van der Waals surface area contributed by atoms with E-state index in [1.807, 2.05) is 48.5 Å². The number of piperazine rings is 1. The number of hydrogen-bond acceptors (Lipinski definition) is 4. The number of aryl methyl sites for hydroxylation is 1. The van der Waals surface area contributed by atoms with E-state index in [1.165, 1.54) is 0 Å². The third-order valence-corrected chi connectivity index (χ3v) is 6.37. The van der Waals surface area contributed by atoms with E-state index in [-0.39, 0.29) is 18.0 Å². The Hall–Kier alpha value is -3.12. The van der Waals surface area contributed by atoms with Crippen molar-refractivity contribution in [2.24, 2.45) is 0 Å². The van der Waals surface area contributed by atoms with Crippen LogP contribution < -0.4 is 9.64 Å². The maximum Gasteiger partial charge on any atom is 0.244 e. The number of rotatable bonds is 6. The molecule has 2 saturated heterocycles. The highest BCUT2D eigenvalue weighted by Crippen LogP contribution is 2.41. The van der Waals surface area contributed by atoms with Gasteiger partial charge in [0.15, 0.2) is 0 Å². The molecule has 6 nitrogen and oxygen atoms in total. The first-order valence-electron chi connectivity index (χ1n) is 10.4. The zero-order valence-electron chi connectivity index (χ0n) is 17.4. The Morgan fingerprint density at radius 1 is 1.10 bits per heavy atom. The molecule has 1 aromatic heterocycles. The molecule has 2 aliphatic heterocycles. The van der Waals surface area contributed by atoms with Crippen LogP contribution in [0, 0.1) is 6.92 Å². The smallest absolute Gasteiger partial charge is 0.244 e. The highest BCUT2D eigenvalue weighted by molar-refractivity contribution is 6.03. The number of hydrogen-bond donors (Lipinski definition) is 0. The van der Waals surface area contributed by atoms with Crippen LogP contribution in [0.1, 0.15) is 12.2 Å². The molecule has 2 fully saturated rings. The molecule has 0 saturated carbocycles. The van der Waals surface area contributed by atoms with Crippen molar-refractivity contribution in [1.29, 1.82) is 0 Å². The molecule has 2 aliphatic rings. The van der Waals surface area contributed by atoms with Crippen LogP contribution >= 0.6 is 0 Å². The van der Waals surface area contributed by atoms with Crippen LogP contribution in [0.15, 0.2) is 60.9 Å². The van der Waals surface area contributed by atoms with E-state index in [9.17, 15) is 4.79 Å². The number of ether oxygens (including phenoxy) is 1. The molecule has 2 aromatic carbocycles. The molecule has 0 radical (unpaired) electrons. The number of methoxy groups -OCH3 is 1. The number of imidazole rings is 1. The number of benzene rings is 2. The van der Waals surface area contributed by atoms with Crippen LogP contribution in [0.25, 0.3) is 11.1 Å². The molecule has 6 heteroatoms. The summed E-state index contributed by atoms with van der Waals surface area (Å²) in [4.78, 5) is 21.9. The Labute approximate surface area is 176 Å². The highest BCUT2D eigenvalue weighted by atomic mass is 16.5. The van der Waals surface area contributed by atoms with Gasteiger partial charge in [0.25, 0.3) is 0 Å². The fraction of sp³-hybridized carbons (Fsp3) is 0.333. The number of nitrogens with zero attached hydrogens (tertiary/aromatic N) is 4. The zero-order valence-corrected chi connectivity index (χ0v) is 17.4. The lowest BCUT2D eigenvalue weighted by atomic mass is 10.0. The minimum atomic E-state index is -0.0519. The van der Waals surface area contributed by atoms with Gasteiger partial charge >= 0.3 is 0 Å². The van der Waals surface area contributed by atoms with Crippen molar-refractivity contribution >= 4 is 11.6 Å². The van der Waals surface area contributed by atoms with E-state index in [4.69, 9.17) is 4.74 Å². The number of fused-ring (bicyclic) bond motifs is 2. The predicted molar refractivity (Wildman–Crippen MR) is 117 cm³/mol. The van der Waals surface area contributed by atoms with Crippen molar-refractivity contribution in [2.45, 2.75) is 32.0 Å². The predicted octanol–water partition coefficient (Wildman–Crippen LogP) is 3.36. The first-order valence-corrected chi connectivity index (χ1v) is 10.4. The van der Waals surface area contributed by atoms with Gasteiger partial charge in [0, 0.05) is 32.0 Å². The van der Waals surface area contributed by atoms with Gasteiger partial charge in [-0.25, -0.2) is 4.98 Å². The molecule has 3 heterocycles. The van der Waals surface area contributed by atoms with E-state index in [0.717, 1.165) is 54.4 Å². The Kier molecular flexibility index (Phi) is 4.79. The second-order valence-corrected chi connectivity index (χ2v) is 8.03. The second kappa shape index (κ2) is 7.61. The largest absolute Gasteiger partial charge is 0.495 e. The van der Waals surface area contributed by atoms with Crippen LogP contribution in [-0.2, 0) is 11.3 Å². The lowest BCUT2D eigenvalue weighted by Gasteiger charge is -2.34. The van der Waals surface area contributed by atoms with E-state index in [1.54, 1.807) is 7.11 Å². The van der Waals surface area contributed by atoms with Crippen LogP contribution in [-0.4, -0.2) is 52.6 Å². The first kappa shape index (κ1) is 18.9. The van der Waals surface area contributed by atoms with Crippen LogP contribution in [0.2, 0.25) is 0 Å². The number of anilines is 1. The van der Waals surface area contributed by atoms with Gasteiger partial charge in [-0.15, -0.1) is 0 Å². The Balaban J connectivity index is 1.37. The molecule has 1 amide bonds. The van der Waals surface area contributed by atoms with Crippen LogP contribution in [0.3, 0.4) is 0 Å². The van der Waals surface area contributed by atoms with E-state index in [0.29, 0.717) is 0 Å². The monoisotopic (exact) mass is 402 g/mol. The van der Waals surface area contributed by atoms with Gasteiger partial charge in [-0.1, -0.05) is 36.4 Å². The summed E-state index contributed by atoms with van der Waals surface area (Å²) in [5.74, 6) is 1.93. The van der Waals surface area contributed by atoms with Crippen LogP contribution in [0.5, 0.6) is 5.75 Å². The SMILES string of the molecule is COc1ccc(-c2ccccc2)cc1N1C(=O)[C@@H]2C[C@H]1CN2CCn1ccnc1C. The zero-order chi connectivity index (χ0) is 20.7. The molecule has 0 aliphatic carbocycles. The highest BCUT2D eigenvalue weighted by Gasteiger charge is 2.50. The van der Waals surface area contributed by atoms with E-state index < -0.39 is 0 Å². The molecule has 0 unspecified atom stereocenters. The summed E-state index contributed by atoms with van der Waals surface area (Å²) < 4.78 is 7.76. The van der Waals surface area contributed by atoms with Gasteiger partial charge in [0.1, 0.15) is 11.6 Å². The molecule has 0 spiro atoms. The average Bonchev–Trinajstić information content (AvgIpc) is 3.47. The fourth-order valence-corrected chi connectivity index (χ4v) is 4.79. The average molecular weight is 402 g/mol. The topological polar surface area (TPSA) is 50.6 Å². The van der Waals surface area contributed by atoms with Crippen molar-refractivity contribution in [3.63, 3.8) is 0 Å². The van der Waals surface area contributed by atoms with Gasteiger partial charge in [0.05, 0.1) is 24.9 Å². The molecular formula is C24H26N4O2. The third-order valence-electron chi connectivity index (χ3n) is 6.37. The van der Waals surface area contributed by atoms with E-state index >= 15 is 0 Å². The lowest BCUT2D eigenvalue weighted by Crippen LogP contribution is -2.51. The summed E-state index contributed by atoms with van der Waals surface area (Å²) in [6.07, 6.45) is 4.70. The Bertz CT molecular complexity index is 1060. The molecule has 154 valence electrons. The molecule has 3 aromatic rings. The van der Waals surface area contributed by atoms with Crippen molar-refractivity contribution in [3.05, 3.63) is 66.7 Å². The summed E-state index contributed by atoms with van der Waals surface area (Å²) in [6.45, 7) is 4.62. The molecule has 5 rings (SSSR count). The summed E-state index contributed by atoms with van der Waals surface area (Å²) in [5, 5.41) is 0. The summed E-state index contributed by atoms with van der Waals surface area (Å²) in [6, 6.07) is 16.5. The number of amides is 1. The van der Waals surface area contributed by atoms with E-state index in [2.05, 4.69) is 38.7 Å². The molecule has 2 bridgehead atoms. The number of aromatic nitrogens is 2. The third kappa shape index (κ3) is 3.17. The fourth-order valence-electron chi connectivity index (χ4n) is 4.79. The maximum absolute atomic E-state index is 13.3. The summed E-state index contributed by atoms with van der Waals surface area (Å²) in [5.41, 5.74) is 3.10. The normalized spacial score (nSPS) is 20.9.